The van der Waals surface area contributed by atoms with Gasteiger partial charge in [-0.25, -0.2) is 0 Å². The van der Waals surface area contributed by atoms with Crippen LogP contribution in [0.1, 0.15) is 32.1 Å². The summed E-state index contributed by atoms with van der Waals surface area (Å²) in [7, 11) is 1.68. The van der Waals surface area contributed by atoms with Crippen LogP contribution >= 0.6 is 0 Å². The van der Waals surface area contributed by atoms with E-state index in [0.717, 1.165) is 18.8 Å². The van der Waals surface area contributed by atoms with E-state index in [4.69, 9.17) is 10.5 Å². The minimum absolute atomic E-state index is 0.0469. The monoisotopic (exact) mass is 212 g/mol. The molecule has 0 amide bonds. The van der Waals surface area contributed by atoms with Gasteiger partial charge in [0.25, 0.3) is 0 Å². The summed E-state index contributed by atoms with van der Waals surface area (Å²) in [6, 6.07) is -0.0469. The Morgan fingerprint density at radius 2 is 2.33 bits per heavy atom. The topological polar surface area (TPSA) is 66.0 Å². The molecule has 2 N–H and O–H groups in total. The molecule has 0 aromatic carbocycles. The van der Waals surface area contributed by atoms with Gasteiger partial charge in [-0.15, -0.1) is 10.2 Å². The Bertz CT molecular complexity index is 287. The van der Waals surface area contributed by atoms with Crippen LogP contribution in [0.2, 0.25) is 0 Å². The van der Waals surface area contributed by atoms with Gasteiger partial charge in [0, 0.05) is 13.7 Å². The average Bonchev–Trinajstić information content (AvgIpc) is 2.72. The molecule has 0 fully saturated rings. The highest BCUT2D eigenvalue weighted by Crippen LogP contribution is 2.19. The summed E-state index contributed by atoms with van der Waals surface area (Å²) in [5, 5.41) is 7.96. The Morgan fingerprint density at radius 1 is 1.60 bits per heavy atom. The highest BCUT2D eigenvalue weighted by atomic mass is 16.5. The van der Waals surface area contributed by atoms with Crippen molar-refractivity contribution < 1.29 is 4.74 Å². The van der Waals surface area contributed by atoms with Crippen LogP contribution in [0.3, 0.4) is 0 Å². The van der Waals surface area contributed by atoms with Gasteiger partial charge >= 0.3 is 0 Å². The third-order valence-corrected chi connectivity index (χ3v) is 2.74. The van der Waals surface area contributed by atoms with E-state index in [1.165, 1.54) is 0 Å². The molecule has 5 heteroatoms. The van der Waals surface area contributed by atoms with Crippen LogP contribution in [0.4, 0.5) is 0 Å². The smallest absolute Gasteiger partial charge is 0.150 e. The molecule has 0 aliphatic carbocycles. The van der Waals surface area contributed by atoms with Crippen molar-refractivity contribution in [3.63, 3.8) is 0 Å². The first kappa shape index (κ1) is 12.1. The maximum absolute atomic E-state index is 6.10. The zero-order valence-electron chi connectivity index (χ0n) is 9.68. The molecule has 5 nitrogen and oxygen atoms in total. The minimum Gasteiger partial charge on any atom is -0.383 e. The summed E-state index contributed by atoms with van der Waals surface area (Å²) in [5.74, 6) is 1.26. The van der Waals surface area contributed by atoms with E-state index in [1.807, 2.05) is 4.57 Å². The second-order valence-corrected chi connectivity index (χ2v) is 3.79. The number of ether oxygens (including phenoxy) is 1. The highest BCUT2D eigenvalue weighted by Gasteiger charge is 2.18. The first-order valence-corrected chi connectivity index (χ1v) is 5.32. The van der Waals surface area contributed by atoms with Crippen LogP contribution in [0.15, 0.2) is 6.33 Å². The van der Waals surface area contributed by atoms with Crippen molar-refractivity contribution in [3.05, 3.63) is 12.2 Å². The van der Waals surface area contributed by atoms with Crippen molar-refractivity contribution >= 4 is 0 Å². The zero-order valence-corrected chi connectivity index (χ0v) is 9.68. The van der Waals surface area contributed by atoms with Gasteiger partial charge in [-0.2, -0.15) is 0 Å². The second-order valence-electron chi connectivity index (χ2n) is 3.79. The molecule has 0 aliphatic rings. The van der Waals surface area contributed by atoms with Gasteiger partial charge < -0.3 is 15.0 Å². The maximum Gasteiger partial charge on any atom is 0.150 e. The number of hydrogen-bond acceptors (Lipinski definition) is 4. The molecular weight excluding hydrogens is 192 g/mol. The molecule has 1 aromatic heterocycles. The normalized spacial score (nSPS) is 15.2. The van der Waals surface area contributed by atoms with Crippen LogP contribution in [-0.4, -0.2) is 28.5 Å². The third-order valence-electron chi connectivity index (χ3n) is 2.74. The zero-order chi connectivity index (χ0) is 11.3. The minimum atomic E-state index is -0.0469. The lowest BCUT2D eigenvalue weighted by atomic mass is 9.99. The standard InChI is InChI=1S/C10H20N4O/c1-4-8(2)9(11)10-13-12-7-14(10)5-6-15-3/h7-9H,4-6,11H2,1-3H3/t8?,9-/m0/s1. The Morgan fingerprint density at radius 3 is 2.93 bits per heavy atom. The van der Waals surface area contributed by atoms with E-state index < -0.39 is 0 Å². The maximum atomic E-state index is 6.10. The largest absolute Gasteiger partial charge is 0.383 e. The lowest BCUT2D eigenvalue weighted by Gasteiger charge is -2.18. The van der Waals surface area contributed by atoms with Crippen LogP contribution < -0.4 is 5.73 Å². The predicted molar refractivity (Wildman–Crippen MR) is 58.3 cm³/mol. The Kier molecular flexibility index (Phi) is 4.71. The quantitative estimate of drug-likeness (QED) is 0.763. The van der Waals surface area contributed by atoms with E-state index in [2.05, 4.69) is 24.0 Å². The van der Waals surface area contributed by atoms with Gasteiger partial charge in [-0.1, -0.05) is 20.3 Å². The number of methoxy groups -OCH3 is 1. The van der Waals surface area contributed by atoms with Crippen molar-refractivity contribution in [2.45, 2.75) is 32.9 Å². The second kappa shape index (κ2) is 5.82. The van der Waals surface area contributed by atoms with E-state index in [0.29, 0.717) is 12.5 Å². The first-order valence-electron chi connectivity index (χ1n) is 5.32. The lowest BCUT2D eigenvalue weighted by Crippen LogP contribution is -2.23. The summed E-state index contributed by atoms with van der Waals surface area (Å²) < 4.78 is 6.98. The van der Waals surface area contributed by atoms with E-state index >= 15 is 0 Å². The van der Waals surface area contributed by atoms with Gasteiger partial charge in [0.05, 0.1) is 12.6 Å². The Labute approximate surface area is 90.6 Å². The van der Waals surface area contributed by atoms with Crippen molar-refractivity contribution in [2.75, 3.05) is 13.7 Å². The molecule has 1 heterocycles. The Balaban J connectivity index is 2.70. The summed E-state index contributed by atoms with van der Waals surface area (Å²) in [4.78, 5) is 0. The van der Waals surface area contributed by atoms with Crippen molar-refractivity contribution in [2.24, 2.45) is 11.7 Å². The van der Waals surface area contributed by atoms with E-state index in [9.17, 15) is 0 Å². The fourth-order valence-electron chi connectivity index (χ4n) is 1.39. The molecule has 0 spiro atoms. The fourth-order valence-corrected chi connectivity index (χ4v) is 1.39. The fraction of sp³-hybridized carbons (Fsp3) is 0.800. The van der Waals surface area contributed by atoms with Crippen LogP contribution in [0.5, 0.6) is 0 Å². The number of nitrogens with zero attached hydrogens (tertiary/aromatic N) is 3. The number of nitrogens with two attached hydrogens (primary N) is 1. The molecule has 0 radical (unpaired) electrons. The predicted octanol–water partition coefficient (Wildman–Crippen LogP) is 0.970. The van der Waals surface area contributed by atoms with Crippen molar-refractivity contribution in [3.8, 4) is 0 Å². The molecule has 1 rings (SSSR count). The Hall–Kier alpha value is -0.940. The van der Waals surface area contributed by atoms with Gasteiger partial charge in [0.2, 0.25) is 0 Å². The van der Waals surface area contributed by atoms with Gasteiger partial charge in [0.1, 0.15) is 12.2 Å². The lowest BCUT2D eigenvalue weighted by molar-refractivity contribution is 0.185. The third kappa shape index (κ3) is 3.00. The number of hydrogen-bond donors (Lipinski definition) is 1. The molecule has 1 aromatic rings. The van der Waals surface area contributed by atoms with Crippen molar-refractivity contribution in [1.29, 1.82) is 0 Å². The summed E-state index contributed by atoms with van der Waals surface area (Å²) in [6.07, 6.45) is 2.74. The van der Waals surface area contributed by atoms with Crippen LogP contribution in [-0.2, 0) is 11.3 Å². The SMILES string of the molecule is CCC(C)[C@H](N)c1nncn1CCOC. The molecule has 15 heavy (non-hydrogen) atoms. The average molecular weight is 212 g/mol. The molecule has 0 saturated heterocycles. The van der Waals surface area contributed by atoms with Gasteiger partial charge in [-0.05, 0) is 5.92 Å². The molecule has 2 atom stereocenters. The van der Waals surface area contributed by atoms with E-state index in [1.54, 1.807) is 13.4 Å². The van der Waals surface area contributed by atoms with Crippen LogP contribution in [0, 0.1) is 5.92 Å². The molecule has 86 valence electrons. The number of rotatable bonds is 6. The highest BCUT2D eigenvalue weighted by molar-refractivity contribution is 4.95. The van der Waals surface area contributed by atoms with Gasteiger partial charge in [0.15, 0.2) is 0 Å². The molecule has 0 aliphatic heterocycles. The van der Waals surface area contributed by atoms with E-state index in [-0.39, 0.29) is 6.04 Å². The summed E-state index contributed by atoms with van der Waals surface area (Å²) in [6.45, 7) is 5.65. The molecular formula is C10H20N4O. The van der Waals surface area contributed by atoms with Crippen LogP contribution in [0.25, 0.3) is 0 Å². The van der Waals surface area contributed by atoms with Crippen molar-refractivity contribution in [1.82, 2.24) is 14.8 Å². The molecule has 0 saturated carbocycles. The van der Waals surface area contributed by atoms with Gasteiger partial charge in [-0.3, -0.25) is 0 Å². The molecule has 0 bridgehead atoms. The number of aromatic nitrogens is 3. The summed E-state index contributed by atoms with van der Waals surface area (Å²) in [5.41, 5.74) is 6.10. The summed E-state index contributed by atoms with van der Waals surface area (Å²) >= 11 is 0. The first-order chi connectivity index (χ1) is 7.20. The molecule has 1 unspecified atom stereocenters.